The number of allylic oxidation sites excluding steroid dienone is 3. The molecule has 0 radical (unpaired) electrons. The van der Waals surface area contributed by atoms with E-state index < -0.39 is 56.9 Å². The third-order valence-corrected chi connectivity index (χ3v) is 10.9. The fourth-order valence-electron chi connectivity index (χ4n) is 6.44. The first-order valence-electron chi connectivity index (χ1n) is 13.1. The van der Waals surface area contributed by atoms with E-state index in [9.17, 15) is 32.4 Å². The van der Waals surface area contributed by atoms with Gasteiger partial charge in [0.15, 0.2) is 17.6 Å². The molecule has 42 heavy (non-hydrogen) atoms. The van der Waals surface area contributed by atoms with Crippen LogP contribution in [0.3, 0.4) is 0 Å². The Labute approximate surface area is 242 Å². The second kappa shape index (κ2) is 9.06. The number of phosphoric acid groups is 1. The second-order valence-corrected chi connectivity index (χ2v) is 14.6. The minimum atomic E-state index is -5.07. The van der Waals surface area contributed by atoms with Gasteiger partial charge in [0, 0.05) is 5.41 Å². The van der Waals surface area contributed by atoms with E-state index in [2.05, 4.69) is 9.99 Å². The van der Waals surface area contributed by atoms with Gasteiger partial charge in [-0.25, -0.2) is 13.0 Å². The number of carbonyl (C=O) groups excluding carboxylic acids is 2. The van der Waals surface area contributed by atoms with Crippen LogP contribution >= 0.6 is 7.82 Å². The molecule has 1 amide bonds. The normalized spacial score (nSPS) is 27.8. The summed E-state index contributed by atoms with van der Waals surface area (Å²) in [5.74, 6) is -1.00. The van der Waals surface area contributed by atoms with E-state index in [1.54, 1.807) is 50.3 Å². The smallest absolute Gasteiger partial charge is 0.477 e. The highest BCUT2D eigenvalue weighted by molar-refractivity contribution is 7.96. The molecule has 2 aliphatic heterocycles. The summed E-state index contributed by atoms with van der Waals surface area (Å²) in [5.41, 5.74) is -1.35. The first kappa shape index (κ1) is 28.7. The number of sulfone groups is 1. The van der Waals surface area contributed by atoms with Gasteiger partial charge in [-0.3, -0.25) is 9.59 Å². The first-order chi connectivity index (χ1) is 19.5. The fourth-order valence-corrected chi connectivity index (χ4v) is 8.22. The molecule has 0 saturated heterocycles. The second-order valence-electron chi connectivity index (χ2n) is 11.6. The Bertz CT molecular complexity index is 1820. The number of ether oxygens (including phenoxy) is 1. The number of benzene rings is 2. The van der Waals surface area contributed by atoms with E-state index in [0.717, 1.165) is 5.57 Å². The Morgan fingerprint density at radius 3 is 2.40 bits per heavy atom. The Morgan fingerprint density at radius 1 is 1.05 bits per heavy atom. The highest BCUT2D eigenvalue weighted by Crippen LogP contribution is 2.62. The molecule has 2 heterocycles. The Kier molecular flexibility index (Phi) is 6.20. The molecule has 220 valence electrons. The molecule has 2 aromatic rings. The molecule has 3 unspecified atom stereocenters. The molecule has 11 nitrogen and oxygen atoms in total. The van der Waals surface area contributed by atoms with Gasteiger partial charge in [-0.15, -0.1) is 4.67 Å². The van der Waals surface area contributed by atoms with E-state index in [1.165, 1.54) is 18.2 Å². The molecule has 6 rings (SSSR count). The number of hydrogen-bond donors (Lipinski definition) is 3. The molecule has 3 N–H and O–H groups in total. The van der Waals surface area contributed by atoms with E-state index >= 15 is 0 Å². The summed E-state index contributed by atoms with van der Waals surface area (Å²) in [7, 11) is -9.35. The van der Waals surface area contributed by atoms with Gasteiger partial charge >= 0.3 is 7.82 Å². The number of hydrogen-bond acceptors (Lipinski definition) is 8. The number of nitrogens with one attached hydrogen (secondary N) is 1. The number of amides is 1. The van der Waals surface area contributed by atoms with E-state index in [0.29, 0.717) is 17.6 Å². The minimum Gasteiger partial charge on any atom is -0.477 e. The Balaban J connectivity index is 1.61. The van der Waals surface area contributed by atoms with Crippen molar-refractivity contribution in [2.75, 3.05) is 0 Å². The van der Waals surface area contributed by atoms with Crippen molar-refractivity contribution in [2.24, 2.45) is 10.8 Å². The zero-order chi connectivity index (χ0) is 30.5. The van der Waals surface area contributed by atoms with Crippen molar-refractivity contribution in [1.82, 2.24) is 5.32 Å². The molecule has 3 atom stereocenters. The third kappa shape index (κ3) is 3.94. The summed E-state index contributed by atoms with van der Waals surface area (Å²) in [5, 5.41) is 2.48. The fraction of sp³-hybridized carbons (Fsp3) is 0.310. The maximum absolute atomic E-state index is 14.0. The van der Waals surface area contributed by atoms with Crippen molar-refractivity contribution in [1.29, 1.82) is 0 Å². The molecule has 2 aromatic carbocycles. The van der Waals surface area contributed by atoms with E-state index in [-0.39, 0.29) is 21.8 Å². The third-order valence-electron chi connectivity index (χ3n) is 8.82. The van der Waals surface area contributed by atoms with Crippen LogP contribution in [-0.4, -0.2) is 35.5 Å². The van der Waals surface area contributed by atoms with Gasteiger partial charge < -0.3 is 19.8 Å². The standard InChI is InChI=1S/C29H28NO10PS/c1-16-10-13-21-27(2,3)24(31)20(42(36,37)18-8-6-5-7-9-18)15-29(21)28(16,4)14-17-11-12-19-22(23(17)38-29)26(30-25(19)32)39-40-41(33,34)35/h5-13,15,26H,14H2,1-4H3,(H,30,32)(H2,33,34,35). The number of ketones is 1. The average molecular weight is 614 g/mol. The predicted octanol–water partition coefficient (Wildman–Crippen LogP) is 4.00. The first-order valence-corrected chi connectivity index (χ1v) is 16.1. The summed E-state index contributed by atoms with van der Waals surface area (Å²) in [6.07, 6.45) is 3.95. The molecule has 0 aromatic heterocycles. The van der Waals surface area contributed by atoms with Gasteiger partial charge in [-0.2, -0.15) is 4.89 Å². The molecule has 13 heteroatoms. The Hall–Kier alpha value is -3.38. The average Bonchev–Trinajstić information content (AvgIpc) is 3.25. The van der Waals surface area contributed by atoms with Crippen LogP contribution in [0.15, 0.2) is 81.6 Å². The largest absolute Gasteiger partial charge is 0.496 e. The monoisotopic (exact) mass is 613 g/mol. The lowest BCUT2D eigenvalue weighted by Gasteiger charge is -2.58. The molecule has 0 saturated carbocycles. The number of carbonyl (C=O) groups is 2. The highest BCUT2D eigenvalue weighted by Gasteiger charge is 2.64. The highest BCUT2D eigenvalue weighted by atomic mass is 32.2. The van der Waals surface area contributed by atoms with Crippen molar-refractivity contribution in [3.8, 4) is 5.75 Å². The van der Waals surface area contributed by atoms with Gasteiger partial charge in [0.25, 0.3) is 5.91 Å². The van der Waals surface area contributed by atoms with Crippen molar-refractivity contribution in [3.05, 3.63) is 93.4 Å². The summed E-state index contributed by atoms with van der Waals surface area (Å²) in [6.45, 7) is 7.16. The lowest BCUT2D eigenvalue weighted by Crippen LogP contribution is -2.62. The maximum Gasteiger partial charge on any atom is 0.496 e. The predicted molar refractivity (Wildman–Crippen MR) is 148 cm³/mol. The lowest BCUT2D eigenvalue weighted by molar-refractivity contribution is -0.264. The number of rotatable bonds is 5. The van der Waals surface area contributed by atoms with Crippen LogP contribution in [0.5, 0.6) is 5.75 Å². The number of Topliss-reactive ketones (excluding diaryl/α,β-unsaturated/α-hetero) is 1. The molecular weight excluding hydrogens is 585 g/mol. The van der Waals surface area contributed by atoms with Crippen LogP contribution in [0.25, 0.3) is 0 Å². The molecule has 0 bridgehead atoms. The molecule has 4 aliphatic rings. The van der Waals surface area contributed by atoms with Crippen molar-refractivity contribution in [2.45, 2.75) is 50.8 Å². The van der Waals surface area contributed by atoms with Crippen molar-refractivity contribution >= 4 is 29.4 Å². The topological polar surface area (TPSA) is 166 Å². The van der Waals surface area contributed by atoms with E-state index in [1.807, 2.05) is 19.9 Å². The van der Waals surface area contributed by atoms with Crippen LogP contribution in [0.1, 0.15) is 55.4 Å². The van der Waals surface area contributed by atoms with Gasteiger partial charge in [0.2, 0.25) is 9.84 Å². The summed E-state index contributed by atoms with van der Waals surface area (Å²) in [6, 6.07) is 11.0. The maximum atomic E-state index is 14.0. The lowest BCUT2D eigenvalue weighted by atomic mass is 9.52. The van der Waals surface area contributed by atoms with Crippen LogP contribution in [-0.2, 0) is 35.2 Å². The van der Waals surface area contributed by atoms with Crippen molar-refractivity contribution in [3.63, 3.8) is 0 Å². The molecular formula is C29H28NO10PS. The minimum absolute atomic E-state index is 0.0380. The molecule has 1 spiro atoms. The van der Waals surface area contributed by atoms with Gasteiger partial charge in [-0.05, 0) is 62.6 Å². The quantitative estimate of drug-likeness (QED) is 0.255. The van der Waals surface area contributed by atoms with Gasteiger partial charge in [0.05, 0.1) is 21.4 Å². The van der Waals surface area contributed by atoms with Gasteiger partial charge in [0.1, 0.15) is 10.7 Å². The van der Waals surface area contributed by atoms with Crippen LogP contribution in [0.2, 0.25) is 0 Å². The SMILES string of the molecule is CC1=CC=C2C(C)(C)C(=O)C(S(=O)(=O)c3ccccc3)=CC23Oc2c(ccc4c2C(OOP(=O)(O)O)NC4=O)CC13C. The van der Waals surface area contributed by atoms with Crippen molar-refractivity contribution < 1.29 is 46.7 Å². The van der Waals surface area contributed by atoms with Gasteiger partial charge in [-0.1, -0.05) is 48.9 Å². The summed E-state index contributed by atoms with van der Waals surface area (Å²) in [4.78, 5) is 49.7. The zero-order valence-electron chi connectivity index (χ0n) is 23.1. The van der Waals surface area contributed by atoms with E-state index in [4.69, 9.17) is 9.62 Å². The molecule has 2 aliphatic carbocycles. The molecule has 0 fully saturated rings. The van der Waals surface area contributed by atoms with Crippen LogP contribution in [0.4, 0.5) is 0 Å². The van der Waals surface area contributed by atoms with Crippen LogP contribution < -0.4 is 10.1 Å². The number of fused-ring (bicyclic) bond motifs is 3. The zero-order valence-corrected chi connectivity index (χ0v) is 24.8. The summed E-state index contributed by atoms with van der Waals surface area (Å²) >= 11 is 0. The summed E-state index contributed by atoms with van der Waals surface area (Å²) < 4.78 is 50.5. The Morgan fingerprint density at radius 2 is 1.74 bits per heavy atom. The van der Waals surface area contributed by atoms with Crippen LogP contribution in [0, 0.1) is 10.8 Å².